The number of benzene rings is 1. The number of ether oxygens (including phenoxy) is 1. The second-order valence-corrected chi connectivity index (χ2v) is 5.07. The molecule has 1 heterocycles. The predicted molar refractivity (Wildman–Crippen MR) is 76.6 cm³/mol. The van der Waals surface area contributed by atoms with E-state index in [2.05, 4.69) is 4.90 Å². The van der Waals surface area contributed by atoms with Crippen LogP contribution >= 0.6 is 0 Å². The minimum Gasteiger partial charge on any atom is -0.462 e. The van der Waals surface area contributed by atoms with Gasteiger partial charge in [0.2, 0.25) is 0 Å². The third kappa shape index (κ3) is 3.26. The van der Waals surface area contributed by atoms with Gasteiger partial charge in [-0.1, -0.05) is 0 Å². The molecule has 1 aliphatic heterocycles. The van der Waals surface area contributed by atoms with E-state index in [1.807, 2.05) is 32.0 Å². The first-order chi connectivity index (χ1) is 9.11. The maximum atomic E-state index is 11.7. The van der Waals surface area contributed by atoms with Crippen molar-refractivity contribution in [2.75, 3.05) is 24.6 Å². The van der Waals surface area contributed by atoms with Crippen LogP contribution in [0.5, 0.6) is 0 Å². The van der Waals surface area contributed by atoms with Gasteiger partial charge in [0.1, 0.15) is 0 Å². The normalized spacial score (nSPS) is 19.3. The Morgan fingerprint density at radius 1 is 1.53 bits per heavy atom. The van der Waals surface area contributed by atoms with Crippen LogP contribution in [-0.4, -0.2) is 31.7 Å². The van der Waals surface area contributed by atoms with E-state index in [-0.39, 0.29) is 12.0 Å². The highest BCUT2D eigenvalue weighted by molar-refractivity contribution is 5.91. The molecule has 0 saturated carbocycles. The second-order valence-electron chi connectivity index (χ2n) is 5.07. The lowest BCUT2D eigenvalue weighted by Crippen LogP contribution is -2.42. The SMILES string of the molecule is CCOC(=O)c1ccc(N2CCC[C@H](N)C2)cc1C. The molecule has 0 amide bonds. The summed E-state index contributed by atoms with van der Waals surface area (Å²) in [4.78, 5) is 14.0. The van der Waals surface area contributed by atoms with E-state index in [9.17, 15) is 4.79 Å². The number of aryl methyl sites for hydroxylation is 1. The molecule has 1 aromatic carbocycles. The highest BCUT2D eigenvalue weighted by Crippen LogP contribution is 2.23. The summed E-state index contributed by atoms with van der Waals surface area (Å²) in [5.41, 5.74) is 8.74. The molecule has 4 nitrogen and oxygen atoms in total. The number of nitrogens with two attached hydrogens (primary N) is 1. The van der Waals surface area contributed by atoms with Gasteiger partial charge in [-0.2, -0.15) is 0 Å². The van der Waals surface area contributed by atoms with Crippen LogP contribution in [0.1, 0.15) is 35.7 Å². The van der Waals surface area contributed by atoms with E-state index < -0.39 is 0 Å². The first-order valence-corrected chi connectivity index (χ1v) is 6.90. The minimum absolute atomic E-state index is 0.248. The molecular formula is C15H22N2O2. The number of nitrogens with zero attached hydrogens (tertiary/aromatic N) is 1. The number of hydrogen-bond donors (Lipinski definition) is 1. The number of carbonyl (C=O) groups excluding carboxylic acids is 1. The third-order valence-electron chi connectivity index (χ3n) is 3.53. The predicted octanol–water partition coefficient (Wildman–Crippen LogP) is 2.10. The molecule has 0 aromatic heterocycles. The molecule has 0 spiro atoms. The molecule has 0 radical (unpaired) electrons. The summed E-state index contributed by atoms with van der Waals surface area (Å²) >= 11 is 0. The van der Waals surface area contributed by atoms with Crippen molar-refractivity contribution >= 4 is 11.7 Å². The standard InChI is InChI=1S/C15H22N2O2/c1-3-19-15(18)14-7-6-13(9-11(14)2)17-8-4-5-12(16)10-17/h6-7,9,12H,3-5,8,10,16H2,1-2H3/t12-/m0/s1. The molecule has 104 valence electrons. The van der Waals surface area contributed by atoms with Gasteiger partial charge in [-0.3, -0.25) is 0 Å². The molecule has 19 heavy (non-hydrogen) atoms. The van der Waals surface area contributed by atoms with E-state index >= 15 is 0 Å². The smallest absolute Gasteiger partial charge is 0.338 e. The van der Waals surface area contributed by atoms with Crippen molar-refractivity contribution in [3.63, 3.8) is 0 Å². The first-order valence-electron chi connectivity index (χ1n) is 6.90. The number of carbonyl (C=O) groups is 1. The number of esters is 1. The molecule has 1 saturated heterocycles. The Bertz CT molecular complexity index is 459. The lowest BCUT2D eigenvalue weighted by molar-refractivity contribution is 0.0525. The first kappa shape index (κ1) is 13.9. The van der Waals surface area contributed by atoms with Crippen molar-refractivity contribution in [3.05, 3.63) is 29.3 Å². The van der Waals surface area contributed by atoms with Crippen molar-refractivity contribution in [3.8, 4) is 0 Å². The van der Waals surface area contributed by atoms with Gasteiger partial charge in [-0.05, 0) is 50.5 Å². The summed E-state index contributed by atoms with van der Waals surface area (Å²) in [6.07, 6.45) is 2.22. The average molecular weight is 262 g/mol. The topological polar surface area (TPSA) is 55.6 Å². The third-order valence-corrected chi connectivity index (χ3v) is 3.53. The molecule has 1 atom stereocenters. The quantitative estimate of drug-likeness (QED) is 0.848. The number of rotatable bonds is 3. The Balaban J connectivity index is 2.16. The van der Waals surface area contributed by atoms with Crippen LogP contribution in [0.2, 0.25) is 0 Å². The molecule has 0 aliphatic carbocycles. The molecule has 0 unspecified atom stereocenters. The summed E-state index contributed by atoms with van der Waals surface area (Å²) < 4.78 is 5.04. The van der Waals surface area contributed by atoms with Gasteiger partial charge >= 0.3 is 5.97 Å². The maximum absolute atomic E-state index is 11.7. The molecule has 1 fully saturated rings. The molecule has 0 bridgehead atoms. The summed E-state index contributed by atoms with van der Waals surface area (Å²) in [6.45, 7) is 6.08. The summed E-state index contributed by atoms with van der Waals surface area (Å²) in [6, 6.07) is 6.13. The number of hydrogen-bond acceptors (Lipinski definition) is 4. The van der Waals surface area contributed by atoms with E-state index in [4.69, 9.17) is 10.5 Å². The van der Waals surface area contributed by atoms with E-state index in [0.717, 1.165) is 37.2 Å². The van der Waals surface area contributed by atoms with Crippen LogP contribution in [0, 0.1) is 6.92 Å². The van der Waals surface area contributed by atoms with E-state index in [1.165, 1.54) is 0 Å². The fourth-order valence-electron chi connectivity index (χ4n) is 2.53. The Morgan fingerprint density at radius 2 is 2.32 bits per heavy atom. The molecule has 1 aliphatic rings. The fourth-order valence-corrected chi connectivity index (χ4v) is 2.53. The number of piperidine rings is 1. The van der Waals surface area contributed by atoms with Gasteiger partial charge < -0.3 is 15.4 Å². The van der Waals surface area contributed by atoms with Gasteiger partial charge in [-0.25, -0.2) is 4.79 Å². The zero-order valence-electron chi connectivity index (χ0n) is 11.7. The van der Waals surface area contributed by atoms with Crippen LogP contribution in [-0.2, 0) is 4.74 Å². The summed E-state index contributed by atoms with van der Waals surface area (Å²) in [5.74, 6) is -0.248. The van der Waals surface area contributed by atoms with Gasteiger partial charge in [0.15, 0.2) is 0 Å². The van der Waals surface area contributed by atoms with Crippen LogP contribution in [0.15, 0.2) is 18.2 Å². The minimum atomic E-state index is -0.248. The molecule has 2 N–H and O–H groups in total. The average Bonchev–Trinajstić information content (AvgIpc) is 2.38. The Morgan fingerprint density at radius 3 is 2.95 bits per heavy atom. The Hall–Kier alpha value is -1.55. The van der Waals surface area contributed by atoms with Crippen molar-refractivity contribution in [1.29, 1.82) is 0 Å². The Labute approximate surface area is 114 Å². The zero-order chi connectivity index (χ0) is 13.8. The summed E-state index contributed by atoms with van der Waals surface area (Å²) in [7, 11) is 0. The van der Waals surface area contributed by atoms with E-state index in [1.54, 1.807) is 0 Å². The molecule has 1 aromatic rings. The fraction of sp³-hybridized carbons (Fsp3) is 0.533. The molecule has 2 rings (SSSR count). The van der Waals surface area contributed by atoms with E-state index in [0.29, 0.717) is 12.2 Å². The van der Waals surface area contributed by atoms with Gasteiger partial charge in [0, 0.05) is 24.8 Å². The lowest BCUT2D eigenvalue weighted by Gasteiger charge is -2.33. The van der Waals surface area contributed by atoms with Crippen LogP contribution in [0.3, 0.4) is 0 Å². The van der Waals surface area contributed by atoms with Gasteiger partial charge in [0.25, 0.3) is 0 Å². The van der Waals surface area contributed by atoms with Crippen molar-refractivity contribution in [2.24, 2.45) is 5.73 Å². The highest BCUT2D eigenvalue weighted by atomic mass is 16.5. The maximum Gasteiger partial charge on any atom is 0.338 e. The van der Waals surface area contributed by atoms with Gasteiger partial charge in [-0.15, -0.1) is 0 Å². The largest absolute Gasteiger partial charge is 0.462 e. The van der Waals surface area contributed by atoms with Crippen molar-refractivity contribution in [1.82, 2.24) is 0 Å². The van der Waals surface area contributed by atoms with Crippen LogP contribution in [0.4, 0.5) is 5.69 Å². The Kier molecular flexibility index (Phi) is 4.43. The monoisotopic (exact) mass is 262 g/mol. The molecular weight excluding hydrogens is 240 g/mol. The summed E-state index contributed by atoms with van der Waals surface area (Å²) in [5, 5.41) is 0. The van der Waals surface area contributed by atoms with Gasteiger partial charge in [0.05, 0.1) is 12.2 Å². The number of anilines is 1. The lowest BCUT2D eigenvalue weighted by atomic mass is 10.0. The zero-order valence-corrected chi connectivity index (χ0v) is 11.7. The van der Waals surface area contributed by atoms with Crippen molar-refractivity contribution in [2.45, 2.75) is 32.7 Å². The van der Waals surface area contributed by atoms with Crippen molar-refractivity contribution < 1.29 is 9.53 Å². The van der Waals surface area contributed by atoms with Crippen LogP contribution in [0.25, 0.3) is 0 Å². The van der Waals surface area contributed by atoms with Crippen LogP contribution < -0.4 is 10.6 Å². The molecule has 4 heteroatoms. The highest BCUT2D eigenvalue weighted by Gasteiger charge is 2.18. The second kappa shape index (κ2) is 6.06.